The molecule has 0 spiro atoms. The average Bonchev–Trinajstić information content (AvgIpc) is 3.04. The Kier molecular flexibility index (Phi) is 3.95. The lowest BCUT2D eigenvalue weighted by molar-refractivity contribution is -0.121. The van der Waals surface area contributed by atoms with Gasteiger partial charge in [0.2, 0.25) is 5.91 Å². The molecule has 0 aromatic heterocycles. The van der Waals surface area contributed by atoms with Crippen molar-refractivity contribution in [2.24, 2.45) is 5.92 Å². The van der Waals surface area contributed by atoms with Gasteiger partial charge in [-0.25, -0.2) is 0 Å². The molecule has 1 fully saturated rings. The molecule has 0 aromatic rings. The fourth-order valence-electron chi connectivity index (χ4n) is 3.50. The van der Waals surface area contributed by atoms with E-state index in [1.807, 2.05) is 6.92 Å². The molecule has 3 nitrogen and oxygen atoms in total. The van der Waals surface area contributed by atoms with E-state index in [4.69, 9.17) is 4.74 Å². The second kappa shape index (κ2) is 5.86. The number of allylic oxidation sites excluding steroid dienone is 5. The standard InChI is InChI=1S/C17H23NO2/c1-2-3-16(19)18-10-8-13-5-4-12-6-7-15-14(17(12)13)9-11-20-15/h4,7,13H,2-3,5-6,8-11H2,1H3,(H,18,19). The van der Waals surface area contributed by atoms with Crippen LogP contribution < -0.4 is 5.32 Å². The number of hydrogen-bond donors (Lipinski definition) is 1. The number of fused-ring (bicyclic) bond motifs is 2. The molecule has 1 saturated heterocycles. The smallest absolute Gasteiger partial charge is 0.219 e. The Labute approximate surface area is 120 Å². The van der Waals surface area contributed by atoms with E-state index < -0.39 is 0 Å². The van der Waals surface area contributed by atoms with Crippen LogP contribution in [-0.2, 0) is 9.53 Å². The molecule has 1 amide bonds. The van der Waals surface area contributed by atoms with E-state index in [0.29, 0.717) is 12.3 Å². The molecule has 0 saturated carbocycles. The van der Waals surface area contributed by atoms with Crippen molar-refractivity contribution in [3.05, 3.63) is 34.6 Å². The van der Waals surface area contributed by atoms with Gasteiger partial charge in [-0.3, -0.25) is 4.79 Å². The normalized spacial score (nSPS) is 23.8. The predicted octanol–water partition coefficient (Wildman–Crippen LogP) is 3.24. The predicted molar refractivity (Wildman–Crippen MR) is 79.0 cm³/mol. The number of rotatable bonds is 5. The monoisotopic (exact) mass is 273 g/mol. The maximum atomic E-state index is 11.5. The van der Waals surface area contributed by atoms with Gasteiger partial charge in [-0.05, 0) is 48.8 Å². The van der Waals surface area contributed by atoms with E-state index in [0.717, 1.165) is 51.0 Å². The zero-order valence-electron chi connectivity index (χ0n) is 12.2. The first-order valence-corrected chi connectivity index (χ1v) is 7.82. The molecule has 1 N–H and O–H groups in total. The van der Waals surface area contributed by atoms with Gasteiger partial charge in [0, 0.05) is 25.0 Å². The van der Waals surface area contributed by atoms with E-state index in [1.165, 1.54) is 16.7 Å². The first-order chi connectivity index (χ1) is 9.79. The third-order valence-corrected chi connectivity index (χ3v) is 4.43. The summed E-state index contributed by atoms with van der Waals surface area (Å²) in [7, 11) is 0. The van der Waals surface area contributed by atoms with Gasteiger partial charge >= 0.3 is 0 Å². The van der Waals surface area contributed by atoms with E-state index >= 15 is 0 Å². The van der Waals surface area contributed by atoms with Crippen LogP contribution >= 0.6 is 0 Å². The minimum atomic E-state index is 0.185. The molecule has 3 heteroatoms. The van der Waals surface area contributed by atoms with Crippen LogP contribution in [0.1, 0.15) is 45.4 Å². The molecule has 1 unspecified atom stereocenters. The Morgan fingerprint density at radius 2 is 2.35 bits per heavy atom. The lowest BCUT2D eigenvalue weighted by atomic mass is 9.85. The molecule has 20 heavy (non-hydrogen) atoms. The van der Waals surface area contributed by atoms with Crippen molar-refractivity contribution >= 4 is 5.91 Å². The van der Waals surface area contributed by atoms with Gasteiger partial charge < -0.3 is 10.1 Å². The summed E-state index contributed by atoms with van der Waals surface area (Å²) >= 11 is 0. The van der Waals surface area contributed by atoms with Crippen molar-refractivity contribution in [2.75, 3.05) is 13.2 Å². The van der Waals surface area contributed by atoms with Crippen molar-refractivity contribution in [3.8, 4) is 0 Å². The molecular weight excluding hydrogens is 250 g/mol. The Balaban J connectivity index is 1.62. The molecular formula is C17H23NO2. The van der Waals surface area contributed by atoms with Gasteiger partial charge in [0.25, 0.3) is 0 Å². The van der Waals surface area contributed by atoms with Crippen LogP contribution in [0.3, 0.4) is 0 Å². The Bertz CT molecular complexity index is 499. The Morgan fingerprint density at radius 3 is 3.20 bits per heavy atom. The van der Waals surface area contributed by atoms with E-state index in [-0.39, 0.29) is 5.91 Å². The van der Waals surface area contributed by atoms with Gasteiger partial charge in [0.1, 0.15) is 5.76 Å². The maximum absolute atomic E-state index is 11.5. The summed E-state index contributed by atoms with van der Waals surface area (Å²) in [5, 5.41) is 3.04. The average molecular weight is 273 g/mol. The van der Waals surface area contributed by atoms with Crippen molar-refractivity contribution in [2.45, 2.75) is 45.4 Å². The van der Waals surface area contributed by atoms with Crippen molar-refractivity contribution < 1.29 is 9.53 Å². The molecule has 3 aliphatic rings. The third-order valence-electron chi connectivity index (χ3n) is 4.43. The first kappa shape index (κ1) is 13.5. The van der Waals surface area contributed by atoms with Gasteiger partial charge in [0.05, 0.1) is 6.61 Å². The summed E-state index contributed by atoms with van der Waals surface area (Å²) in [5.74, 6) is 1.89. The molecule has 108 valence electrons. The van der Waals surface area contributed by atoms with E-state index in [9.17, 15) is 4.79 Å². The highest BCUT2D eigenvalue weighted by Gasteiger charge is 2.32. The van der Waals surface area contributed by atoms with Gasteiger partial charge in [0.15, 0.2) is 0 Å². The second-order valence-electron chi connectivity index (χ2n) is 5.81. The van der Waals surface area contributed by atoms with Crippen LogP contribution in [0.4, 0.5) is 0 Å². The summed E-state index contributed by atoms with van der Waals surface area (Å²) in [6, 6.07) is 0. The summed E-state index contributed by atoms with van der Waals surface area (Å²) in [5.41, 5.74) is 4.47. The SMILES string of the molecule is CCCC(=O)NCCC1CC=C2CC=C3OCCC3=C21. The van der Waals surface area contributed by atoms with Gasteiger partial charge in [-0.1, -0.05) is 13.0 Å². The lowest BCUT2D eigenvalue weighted by Crippen LogP contribution is -2.25. The third kappa shape index (κ3) is 2.54. The first-order valence-electron chi connectivity index (χ1n) is 7.82. The molecule has 1 atom stereocenters. The zero-order chi connectivity index (χ0) is 13.9. The number of hydrogen-bond acceptors (Lipinski definition) is 2. The number of nitrogens with one attached hydrogen (secondary N) is 1. The van der Waals surface area contributed by atoms with Crippen LogP contribution in [0, 0.1) is 5.92 Å². The molecule has 2 aliphatic carbocycles. The van der Waals surface area contributed by atoms with E-state index in [1.54, 1.807) is 0 Å². The molecule has 0 bridgehead atoms. The molecule has 1 heterocycles. The highest BCUT2D eigenvalue weighted by molar-refractivity contribution is 5.75. The largest absolute Gasteiger partial charge is 0.493 e. The van der Waals surface area contributed by atoms with Crippen LogP contribution in [0.5, 0.6) is 0 Å². The van der Waals surface area contributed by atoms with Gasteiger partial charge in [-0.2, -0.15) is 0 Å². The molecule has 3 rings (SSSR count). The van der Waals surface area contributed by atoms with Crippen LogP contribution in [0.25, 0.3) is 0 Å². The van der Waals surface area contributed by atoms with Crippen molar-refractivity contribution in [1.82, 2.24) is 5.32 Å². The van der Waals surface area contributed by atoms with Crippen molar-refractivity contribution in [3.63, 3.8) is 0 Å². The number of ether oxygens (including phenoxy) is 1. The topological polar surface area (TPSA) is 38.3 Å². The minimum Gasteiger partial charge on any atom is -0.493 e. The van der Waals surface area contributed by atoms with E-state index in [2.05, 4.69) is 17.5 Å². The van der Waals surface area contributed by atoms with Crippen LogP contribution in [0.2, 0.25) is 0 Å². The Hall–Kier alpha value is -1.51. The maximum Gasteiger partial charge on any atom is 0.219 e. The number of carbonyl (C=O) groups is 1. The Morgan fingerprint density at radius 1 is 1.45 bits per heavy atom. The molecule has 0 radical (unpaired) electrons. The quantitative estimate of drug-likeness (QED) is 0.835. The summed E-state index contributed by atoms with van der Waals surface area (Å²) in [4.78, 5) is 11.5. The van der Waals surface area contributed by atoms with Gasteiger partial charge in [-0.15, -0.1) is 0 Å². The minimum absolute atomic E-state index is 0.185. The summed E-state index contributed by atoms with van der Waals surface area (Å²) in [6.07, 6.45) is 10.4. The fourth-order valence-corrected chi connectivity index (χ4v) is 3.50. The van der Waals surface area contributed by atoms with Crippen molar-refractivity contribution in [1.29, 1.82) is 0 Å². The lowest BCUT2D eigenvalue weighted by Gasteiger charge is -2.21. The number of carbonyl (C=O) groups excluding carboxylic acids is 1. The summed E-state index contributed by atoms with van der Waals surface area (Å²) in [6.45, 7) is 3.66. The molecule has 1 aliphatic heterocycles. The molecule has 0 aromatic carbocycles. The highest BCUT2D eigenvalue weighted by atomic mass is 16.5. The van der Waals surface area contributed by atoms with Crippen LogP contribution in [0.15, 0.2) is 34.6 Å². The fraction of sp³-hybridized carbons (Fsp3) is 0.588. The second-order valence-corrected chi connectivity index (χ2v) is 5.81. The number of amides is 1. The van der Waals surface area contributed by atoms with Crippen LogP contribution in [-0.4, -0.2) is 19.1 Å². The summed E-state index contributed by atoms with van der Waals surface area (Å²) < 4.78 is 5.69. The zero-order valence-corrected chi connectivity index (χ0v) is 12.2. The highest BCUT2D eigenvalue weighted by Crippen LogP contribution is 2.45.